The summed E-state index contributed by atoms with van der Waals surface area (Å²) < 4.78 is 0. The molecule has 4 heteroatoms. The molecular weight excluding hydrogens is 208 g/mol. The molecule has 0 radical (unpaired) electrons. The maximum absolute atomic E-state index is 12.0. The number of hydrogen-bond donors (Lipinski definition) is 1. The molecule has 1 amide bonds. The van der Waals surface area contributed by atoms with Crippen LogP contribution in [0.4, 0.5) is 0 Å². The van der Waals surface area contributed by atoms with E-state index in [0.29, 0.717) is 5.91 Å². The van der Waals surface area contributed by atoms with Crippen molar-refractivity contribution in [3.8, 4) is 0 Å². The van der Waals surface area contributed by atoms with E-state index in [1.54, 1.807) is 11.8 Å². The van der Waals surface area contributed by atoms with Crippen LogP contribution in [-0.2, 0) is 4.79 Å². The molecule has 1 saturated heterocycles. The van der Waals surface area contributed by atoms with Crippen LogP contribution in [0.3, 0.4) is 0 Å². The summed E-state index contributed by atoms with van der Waals surface area (Å²) >= 11 is 1.67. The maximum atomic E-state index is 12.0. The van der Waals surface area contributed by atoms with Crippen molar-refractivity contribution < 1.29 is 4.79 Å². The summed E-state index contributed by atoms with van der Waals surface area (Å²) in [4.78, 5) is 14.0. The zero-order chi connectivity index (χ0) is 11.3. The number of carbonyl (C=O) groups is 1. The Hall–Kier alpha value is -0.220. The minimum absolute atomic E-state index is 0.0640. The standard InChI is InChI=1S/C11H22N2OS/c1-9(12)8-15-10(2)11(14)13-6-4-3-5-7-13/h9-10H,3-8,12H2,1-2H3. The number of carbonyl (C=O) groups excluding carboxylic acids is 1. The van der Waals surface area contributed by atoms with Crippen molar-refractivity contribution in [3.63, 3.8) is 0 Å². The van der Waals surface area contributed by atoms with Crippen LogP contribution in [0.15, 0.2) is 0 Å². The Morgan fingerprint density at radius 3 is 2.47 bits per heavy atom. The second-order valence-corrected chi connectivity index (χ2v) is 5.71. The highest BCUT2D eigenvalue weighted by atomic mass is 32.2. The molecule has 1 heterocycles. The maximum Gasteiger partial charge on any atom is 0.235 e. The lowest BCUT2D eigenvalue weighted by Crippen LogP contribution is -2.40. The molecule has 1 fully saturated rings. The highest BCUT2D eigenvalue weighted by molar-refractivity contribution is 8.00. The van der Waals surface area contributed by atoms with Crippen molar-refractivity contribution in [1.82, 2.24) is 4.90 Å². The molecule has 0 saturated carbocycles. The van der Waals surface area contributed by atoms with E-state index >= 15 is 0 Å². The Morgan fingerprint density at radius 2 is 1.93 bits per heavy atom. The molecule has 0 aromatic heterocycles. The average Bonchev–Trinajstić information content (AvgIpc) is 2.26. The van der Waals surface area contributed by atoms with Gasteiger partial charge in [-0.3, -0.25) is 4.79 Å². The second-order valence-electron chi connectivity index (χ2n) is 4.34. The summed E-state index contributed by atoms with van der Waals surface area (Å²) in [6.45, 7) is 5.86. The zero-order valence-electron chi connectivity index (χ0n) is 9.74. The Labute approximate surface area is 96.8 Å². The van der Waals surface area contributed by atoms with Gasteiger partial charge in [-0.15, -0.1) is 11.8 Å². The molecule has 1 aliphatic rings. The first-order chi connectivity index (χ1) is 7.11. The second kappa shape index (κ2) is 6.38. The van der Waals surface area contributed by atoms with Crippen molar-refractivity contribution in [2.75, 3.05) is 18.8 Å². The number of likely N-dealkylation sites (tertiary alicyclic amines) is 1. The zero-order valence-corrected chi connectivity index (χ0v) is 10.6. The SMILES string of the molecule is CC(N)CSC(C)C(=O)N1CCCCC1. The summed E-state index contributed by atoms with van der Waals surface area (Å²) in [5.74, 6) is 1.15. The van der Waals surface area contributed by atoms with Crippen LogP contribution in [0.5, 0.6) is 0 Å². The molecule has 2 N–H and O–H groups in total. The number of hydrogen-bond acceptors (Lipinski definition) is 3. The molecule has 0 spiro atoms. The summed E-state index contributed by atoms with van der Waals surface area (Å²) in [6, 6.07) is 0.173. The van der Waals surface area contributed by atoms with E-state index in [0.717, 1.165) is 31.7 Å². The smallest absolute Gasteiger partial charge is 0.235 e. The molecule has 2 atom stereocenters. The summed E-state index contributed by atoms with van der Waals surface area (Å²) in [5, 5.41) is 0.0640. The van der Waals surface area contributed by atoms with E-state index in [9.17, 15) is 4.79 Å². The van der Waals surface area contributed by atoms with Crippen molar-refractivity contribution in [1.29, 1.82) is 0 Å². The molecule has 0 aromatic rings. The lowest BCUT2D eigenvalue weighted by atomic mass is 10.1. The van der Waals surface area contributed by atoms with Crippen molar-refractivity contribution in [2.45, 2.75) is 44.4 Å². The molecule has 1 rings (SSSR count). The van der Waals surface area contributed by atoms with Crippen LogP contribution < -0.4 is 5.73 Å². The molecular formula is C11H22N2OS. The Kier molecular flexibility index (Phi) is 5.47. The number of thioether (sulfide) groups is 1. The number of nitrogens with zero attached hydrogens (tertiary/aromatic N) is 1. The minimum Gasteiger partial charge on any atom is -0.342 e. The third-order valence-electron chi connectivity index (χ3n) is 2.62. The first-order valence-corrected chi connectivity index (χ1v) is 6.82. The highest BCUT2D eigenvalue weighted by Crippen LogP contribution is 2.17. The monoisotopic (exact) mass is 230 g/mol. The molecule has 0 bridgehead atoms. The number of nitrogens with two attached hydrogens (primary N) is 1. The fourth-order valence-electron chi connectivity index (χ4n) is 1.74. The van der Waals surface area contributed by atoms with Crippen molar-refractivity contribution in [2.24, 2.45) is 5.73 Å². The lowest BCUT2D eigenvalue weighted by molar-refractivity contribution is -0.131. The van der Waals surface area contributed by atoms with Gasteiger partial charge in [0.2, 0.25) is 5.91 Å². The lowest BCUT2D eigenvalue weighted by Gasteiger charge is -2.29. The highest BCUT2D eigenvalue weighted by Gasteiger charge is 2.22. The van der Waals surface area contributed by atoms with Gasteiger partial charge in [0.1, 0.15) is 0 Å². The van der Waals surface area contributed by atoms with Gasteiger partial charge in [-0.1, -0.05) is 0 Å². The predicted octanol–water partition coefficient (Wildman–Crippen LogP) is 1.47. The van der Waals surface area contributed by atoms with Crippen LogP contribution in [-0.4, -0.2) is 40.9 Å². The number of amides is 1. The first kappa shape index (κ1) is 12.8. The number of piperidine rings is 1. The van der Waals surface area contributed by atoms with Crippen LogP contribution in [0.25, 0.3) is 0 Å². The van der Waals surface area contributed by atoms with Crippen molar-refractivity contribution >= 4 is 17.7 Å². The first-order valence-electron chi connectivity index (χ1n) is 5.77. The van der Waals surface area contributed by atoms with Crippen molar-refractivity contribution in [3.05, 3.63) is 0 Å². The van der Waals surface area contributed by atoms with E-state index < -0.39 is 0 Å². The summed E-state index contributed by atoms with van der Waals surface area (Å²) in [6.07, 6.45) is 3.60. The van der Waals surface area contributed by atoms with Gasteiger partial charge in [-0.05, 0) is 33.1 Å². The molecule has 88 valence electrons. The minimum atomic E-state index is 0.0640. The molecule has 3 nitrogen and oxygen atoms in total. The van der Waals surface area contributed by atoms with Gasteiger partial charge in [0.05, 0.1) is 5.25 Å². The van der Waals surface area contributed by atoms with Gasteiger partial charge in [-0.25, -0.2) is 0 Å². The molecule has 0 aliphatic carbocycles. The largest absolute Gasteiger partial charge is 0.342 e. The quantitative estimate of drug-likeness (QED) is 0.795. The Bertz CT molecular complexity index is 203. The van der Waals surface area contributed by atoms with E-state index in [1.165, 1.54) is 6.42 Å². The van der Waals surface area contributed by atoms with Gasteiger partial charge < -0.3 is 10.6 Å². The normalized spacial score (nSPS) is 21.1. The van der Waals surface area contributed by atoms with Gasteiger partial charge in [-0.2, -0.15) is 0 Å². The molecule has 1 aliphatic heterocycles. The van der Waals surface area contributed by atoms with Gasteiger partial charge in [0, 0.05) is 24.9 Å². The molecule has 2 unspecified atom stereocenters. The Morgan fingerprint density at radius 1 is 1.33 bits per heavy atom. The molecule has 15 heavy (non-hydrogen) atoms. The molecule has 0 aromatic carbocycles. The summed E-state index contributed by atoms with van der Waals surface area (Å²) in [7, 11) is 0. The average molecular weight is 230 g/mol. The fraction of sp³-hybridized carbons (Fsp3) is 0.909. The van der Waals surface area contributed by atoms with E-state index in [-0.39, 0.29) is 11.3 Å². The fourth-order valence-corrected chi connectivity index (χ4v) is 2.62. The van der Waals surface area contributed by atoms with Gasteiger partial charge in [0.15, 0.2) is 0 Å². The summed E-state index contributed by atoms with van der Waals surface area (Å²) in [5.41, 5.74) is 5.67. The van der Waals surface area contributed by atoms with Gasteiger partial charge in [0.25, 0.3) is 0 Å². The van der Waals surface area contributed by atoms with Crippen LogP contribution in [0.1, 0.15) is 33.1 Å². The van der Waals surface area contributed by atoms with Gasteiger partial charge >= 0.3 is 0 Å². The third-order valence-corrected chi connectivity index (χ3v) is 4.04. The van der Waals surface area contributed by atoms with Crippen LogP contribution in [0.2, 0.25) is 0 Å². The van der Waals surface area contributed by atoms with E-state index in [1.807, 2.05) is 18.7 Å². The van der Waals surface area contributed by atoms with E-state index in [4.69, 9.17) is 5.73 Å². The van der Waals surface area contributed by atoms with Crippen LogP contribution in [0, 0.1) is 0 Å². The Balaban J connectivity index is 2.30. The predicted molar refractivity (Wildman–Crippen MR) is 66.0 cm³/mol. The topological polar surface area (TPSA) is 46.3 Å². The van der Waals surface area contributed by atoms with Crippen LogP contribution >= 0.6 is 11.8 Å². The number of rotatable bonds is 4. The van der Waals surface area contributed by atoms with E-state index in [2.05, 4.69) is 0 Å². The third kappa shape index (κ3) is 4.43.